The third-order valence-electron chi connectivity index (χ3n) is 5.46. The Labute approximate surface area is 184 Å². The van der Waals surface area contributed by atoms with E-state index in [9.17, 15) is 18.0 Å². The standard InChI is InChI=1S/C23H29N3O4S/c1-18(27)19-11-13-20(14-12-19)31(29,30)25(2)17-23(28)24-21-9-5-6-10-22(21)26-15-7-3-4-8-16-26/h5-6,9-14H,3-4,7-8,15-17H2,1-2H3,(H,24,28). The van der Waals surface area contributed by atoms with Crippen LogP contribution in [0.3, 0.4) is 0 Å². The number of carbonyl (C=O) groups is 2. The number of para-hydroxylation sites is 2. The summed E-state index contributed by atoms with van der Waals surface area (Å²) in [5.41, 5.74) is 2.08. The van der Waals surface area contributed by atoms with Crippen LogP contribution in [0, 0.1) is 0 Å². The number of likely N-dealkylation sites (N-methyl/N-ethyl adjacent to an activating group) is 1. The second kappa shape index (κ2) is 10.1. The molecule has 2 aromatic carbocycles. The molecule has 1 aliphatic rings. The van der Waals surface area contributed by atoms with Crippen molar-refractivity contribution >= 4 is 33.1 Å². The normalized spacial score (nSPS) is 14.9. The third-order valence-corrected chi connectivity index (χ3v) is 7.28. The first-order valence-corrected chi connectivity index (χ1v) is 11.9. The van der Waals surface area contributed by atoms with Gasteiger partial charge in [0.15, 0.2) is 5.78 Å². The van der Waals surface area contributed by atoms with E-state index in [-0.39, 0.29) is 17.2 Å². The first-order valence-electron chi connectivity index (χ1n) is 10.5. The number of Topliss-reactive ketones (excluding diaryl/α,β-unsaturated/α-hetero) is 1. The van der Waals surface area contributed by atoms with Crippen molar-refractivity contribution in [2.75, 3.05) is 36.9 Å². The van der Waals surface area contributed by atoms with E-state index < -0.39 is 15.9 Å². The Hall–Kier alpha value is -2.71. The lowest BCUT2D eigenvalue weighted by molar-refractivity contribution is -0.116. The van der Waals surface area contributed by atoms with Crippen LogP contribution in [0.2, 0.25) is 0 Å². The van der Waals surface area contributed by atoms with Crippen molar-refractivity contribution in [2.45, 2.75) is 37.5 Å². The van der Waals surface area contributed by atoms with Gasteiger partial charge in [0.05, 0.1) is 22.8 Å². The molecule has 0 aromatic heterocycles. The van der Waals surface area contributed by atoms with Crippen LogP contribution in [0.5, 0.6) is 0 Å². The highest BCUT2D eigenvalue weighted by atomic mass is 32.2. The monoisotopic (exact) mass is 443 g/mol. The lowest BCUT2D eigenvalue weighted by Crippen LogP contribution is -2.35. The molecule has 0 unspecified atom stereocenters. The summed E-state index contributed by atoms with van der Waals surface area (Å²) in [4.78, 5) is 26.4. The van der Waals surface area contributed by atoms with Crippen LogP contribution in [0.25, 0.3) is 0 Å². The first-order chi connectivity index (χ1) is 14.8. The number of nitrogens with one attached hydrogen (secondary N) is 1. The van der Waals surface area contributed by atoms with Crippen molar-refractivity contribution in [1.29, 1.82) is 0 Å². The summed E-state index contributed by atoms with van der Waals surface area (Å²) in [6, 6.07) is 13.3. The van der Waals surface area contributed by atoms with Crippen LogP contribution in [0.1, 0.15) is 43.0 Å². The molecule has 0 radical (unpaired) electrons. The van der Waals surface area contributed by atoms with E-state index in [1.165, 1.54) is 51.1 Å². The Morgan fingerprint density at radius 1 is 0.968 bits per heavy atom. The highest BCUT2D eigenvalue weighted by Gasteiger charge is 2.24. The summed E-state index contributed by atoms with van der Waals surface area (Å²) in [6.07, 6.45) is 4.65. The van der Waals surface area contributed by atoms with E-state index >= 15 is 0 Å². The number of anilines is 2. The van der Waals surface area contributed by atoms with E-state index in [1.54, 1.807) is 0 Å². The van der Waals surface area contributed by atoms with Gasteiger partial charge in [0, 0.05) is 25.7 Å². The maximum Gasteiger partial charge on any atom is 0.243 e. The van der Waals surface area contributed by atoms with E-state index in [0.29, 0.717) is 11.3 Å². The van der Waals surface area contributed by atoms with Gasteiger partial charge in [-0.2, -0.15) is 4.31 Å². The summed E-state index contributed by atoms with van der Waals surface area (Å²) in [5.74, 6) is -0.548. The maximum atomic E-state index is 12.8. The Morgan fingerprint density at radius 3 is 2.19 bits per heavy atom. The number of amides is 1. The highest BCUT2D eigenvalue weighted by molar-refractivity contribution is 7.89. The van der Waals surface area contributed by atoms with Crippen LogP contribution >= 0.6 is 0 Å². The van der Waals surface area contributed by atoms with Crippen LogP contribution in [0.4, 0.5) is 11.4 Å². The second-order valence-electron chi connectivity index (χ2n) is 7.81. The van der Waals surface area contributed by atoms with Crippen molar-refractivity contribution in [1.82, 2.24) is 4.31 Å². The molecule has 0 bridgehead atoms. The molecule has 0 aliphatic carbocycles. The number of hydrogen-bond donors (Lipinski definition) is 1. The van der Waals surface area contributed by atoms with Gasteiger partial charge in [0.2, 0.25) is 15.9 Å². The van der Waals surface area contributed by atoms with E-state index in [0.717, 1.165) is 35.9 Å². The predicted molar refractivity (Wildman–Crippen MR) is 122 cm³/mol. The molecule has 3 rings (SSSR count). The summed E-state index contributed by atoms with van der Waals surface area (Å²) in [5, 5.41) is 2.88. The van der Waals surface area contributed by atoms with Crippen molar-refractivity contribution in [3.8, 4) is 0 Å². The number of rotatable bonds is 7. The number of nitrogens with zero attached hydrogens (tertiary/aromatic N) is 2. The van der Waals surface area contributed by atoms with Gasteiger partial charge >= 0.3 is 0 Å². The lowest BCUT2D eigenvalue weighted by Gasteiger charge is -2.26. The molecule has 1 N–H and O–H groups in total. The van der Waals surface area contributed by atoms with E-state index in [2.05, 4.69) is 10.2 Å². The Morgan fingerprint density at radius 2 is 1.58 bits per heavy atom. The minimum Gasteiger partial charge on any atom is -0.370 e. The molecule has 0 saturated carbocycles. The molecule has 0 spiro atoms. The van der Waals surface area contributed by atoms with Gasteiger partial charge in [-0.05, 0) is 44.0 Å². The smallest absolute Gasteiger partial charge is 0.243 e. The fraction of sp³-hybridized carbons (Fsp3) is 0.391. The van der Waals surface area contributed by atoms with Crippen molar-refractivity contribution in [2.24, 2.45) is 0 Å². The molecular weight excluding hydrogens is 414 g/mol. The minimum atomic E-state index is -3.85. The zero-order chi connectivity index (χ0) is 22.4. The van der Waals surface area contributed by atoms with Crippen LogP contribution in [-0.2, 0) is 14.8 Å². The topological polar surface area (TPSA) is 86.8 Å². The van der Waals surface area contributed by atoms with Crippen molar-refractivity contribution in [3.63, 3.8) is 0 Å². The van der Waals surface area contributed by atoms with Gasteiger partial charge in [-0.3, -0.25) is 9.59 Å². The molecule has 1 heterocycles. The number of carbonyl (C=O) groups excluding carboxylic acids is 2. The molecule has 31 heavy (non-hydrogen) atoms. The van der Waals surface area contributed by atoms with Gasteiger partial charge in [-0.15, -0.1) is 0 Å². The number of hydrogen-bond acceptors (Lipinski definition) is 5. The number of benzene rings is 2. The Balaban J connectivity index is 1.69. The first kappa shape index (κ1) is 23.0. The maximum absolute atomic E-state index is 12.8. The van der Waals surface area contributed by atoms with Gasteiger partial charge in [0.25, 0.3) is 0 Å². The fourth-order valence-electron chi connectivity index (χ4n) is 3.69. The van der Waals surface area contributed by atoms with Gasteiger partial charge in [-0.1, -0.05) is 37.1 Å². The van der Waals surface area contributed by atoms with E-state index in [4.69, 9.17) is 0 Å². The fourth-order valence-corrected chi connectivity index (χ4v) is 4.81. The highest BCUT2D eigenvalue weighted by Crippen LogP contribution is 2.28. The van der Waals surface area contributed by atoms with Crippen LogP contribution in [0.15, 0.2) is 53.4 Å². The quantitative estimate of drug-likeness (QED) is 0.662. The zero-order valence-corrected chi connectivity index (χ0v) is 18.8. The molecule has 7 nitrogen and oxygen atoms in total. The molecule has 1 saturated heterocycles. The molecule has 2 aromatic rings. The molecule has 166 valence electrons. The Bertz CT molecular complexity index is 1030. The molecule has 1 fully saturated rings. The average molecular weight is 444 g/mol. The second-order valence-corrected chi connectivity index (χ2v) is 9.85. The molecule has 1 amide bonds. The molecular formula is C23H29N3O4S. The predicted octanol–water partition coefficient (Wildman–Crippen LogP) is 3.53. The van der Waals surface area contributed by atoms with Gasteiger partial charge < -0.3 is 10.2 Å². The number of ketones is 1. The minimum absolute atomic E-state index is 0.0396. The van der Waals surface area contributed by atoms with Gasteiger partial charge in [0.1, 0.15) is 0 Å². The molecule has 0 atom stereocenters. The Kier molecular flexibility index (Phi) is 7.46. The van der Waals surface area contributed by atoms with Crippen molar-refractivity contribution < 1.29 is 18.0 Å². The lowest BCUT2D eigenvalue weighted by atomic mass is 10.2. The molecule has 1 aliphatic heterocycles. The zero-order valence-electron chi connectivity index (χ0n) is 18.0. The van der Waals surface area contributed by atoms with Crippen molar-refractivity contribution in [3.05, 3.63) is 54.1 Å². The summed E-state index contributed by atoms with van der Waals surface area (Å²) < 4.78 is 26.6. The van der Waals surface area contributed by atoms with Crippen LogP contribution < -0.4 is 10.2 Å². The summed E-state index contributed by atoms with van der Waals surface area (Å²) >= 11 is 0. The third kappa shape index (κ3) is 5.71. The van der Waals surface area contributed by atoms with Gasteiger partial charge in [-0.25, -0.2) is 8.42 Å². The van der Waals surface area contributed by atoms with Crippen LogP contribution in [-0.4, -0.2) is 51.1 Å². The van der Waals surface area contributed by atoms with E-state index in [1.807, 2.05) is 24.3 Å². The SMILES string of the molecule is CC(=O)c1ccc(S(=O)(=O)N(C)CC(=O)Nc2ccccc2N2CCCCCC2)cc1. The number of sulfonamides is 1. The summed E-state index contributed by atoms with van der Waals surface area (Å²) in [7, 11) is -2.48. The molecule has 8 heteroatoms. The average Bonchev–Trinajstić information content (AvgIpc) is 3.03. The summed E-state index contributed by atoms with van der Waals surface area (Å²) in [6.45, 7) is 2.99. The largest absolute Gasteiger partial charge is 0.370 e.